The summed E-state index contributed by atoms with van der Waals surface area (Å²) in [5.74, 6) is 0.534. The van der Waals surface area contributed by atoms with E-state index in [1.165, 1.54) is 4.90 Å². The van der Waals surface area contributed by atoms with Gasteiger partial charge in [0.2, 0.25) is 6.41 Å². The molecular formula is C17H12BrClN2O2. The molecule has 0 fully saturated rings. The Hall–Kier alpha value is -2.11. The van der Waals surface area contributed by atoms with Gasteiger partial charge in [-0.25, -0.2) is 0 Å². The lowest BCUT2D eigenvalue weighted by Gasteiger charge is -2.18. The normalized spacial score (nSPS) is 10.6. The maximum absolute atomic E-state index is 11.7. The van der Waals surface area contributed by atoms with E-state index in [1.807, 2.05) is 42.5 Å². The first-order chi connectivity index (χ1) is 11.1. The fourth-order valence-electron chi connectivity index (χ4n) is 2.35. The van der Waals surface area contributed by atoms with Crippen LogP contribution in [0.2, 0.25) is 5.02 Å². The fraction of sp³-hybridized carbons (Fsp3) is 0.0588. The molecule has 116 valence electrons. The summed E-state index contributed by atoms with van der Waals surface area (Å²) < 4.78 is 6.19. The first-order valence-corrected chi connectivity index (χ1v) is 8.00. The van der Waals surface area contributed by atoms with Crippen molar-refractivity contribution < 1.29 is 9.32 Å². The smallest absolute Gasteiger partial charge is 0.218 e. The summed E-state index contributed by atoms with van der Waals surface area (Å²) in [4.78, 5) is 13.2. The number of hydrogen-bond donors (Lipinski definition) is 0. The standard InChI is InChI=1S/C17H12BrClN2O2/c1-11-17(21(10-22)13-6-4-5-12(18)9-13)16(20-23-11)14-7-2-3-8-15(14)19/h2-10H,1H3. The van der Waals surface area contributed by atoms with Crippen LogP contribution < -0.4 is 4.90 Å². The molecule has 0 spiro atoms. The Labute approximate surface area is 146 Å². The Morgan fingerprint density at radius 1 is 1.22 bits per heavy atom. The van der Waals surface area contributed by atoms with Gasteiger partial charge >= 0.3 is 0 Å². The highest BCUT2D eigenvalue weighted by molar-refractivity contribution is 9.10. The summed E-state index contributed by atoms with van der Waals surface area (Å²) in [5.41, 5.74) is 2.52. The summed E-state index contributed by atoms with van der Waals surface area (Å²) in [6, 6.07) is 14.7. The van der Waals surface area contributed by atoms with Crippen molar-refractivity contribution >= 4 is 45.3 Å². The molecule has 23 heavy (non-hydrogen) atoms. The molecule has 0 aliphatic rings. The summed E-state index contributed by atoms with van der Waals surface area (Å²) in [7, 11) is 0. The summed E-state index contributed by atoms with van der Waals surface area (Å²) >= 11 is 9.68. The number of carbonyl (C=O) groups excluding carboxylic acids is 1. The Morgan fingerprint density at radius 2 is 2.00 bits per heavy atom. The molecule has 6 heteroatoms. The molecule has 0 radical (unpaired) electrons. The molecule has 0 saturated heterocycles. The van der Waals surface area contributed by atoms with Gasteiger partial charge in [-0.2, -0.15) is 0 Å². The molecule has 1 amide bonds. The number of hydrogen-bond acceptors (Lipinski definition) is 3. The van der Waals surface area contributed by atoms with Gasteiger partial charge in [0.1, 0.15) is 11.4 Å². The Bertz CT molecular complexity index is 863. The lowest BCUT2D eigenvalue weighted by molar-refractivity contribution is -0.106. The molecule has 0 aliphatic carbocycles. The van der Waals surface area contributed by atoms with Crippen molar-refractivity contribution in [2.45, 2.75) is 6.92 Å². The van der Waals surface area contributed by atoms with Crippen LogP contribution in [-0.4, -0.2) is 11.6 Å². The van der Waals surface area contributed by atoms with Crippen LogP contribution >= 0.6 is 27.5 Å². The topological polar surface area (TPSA) is 46.3 Å². The SMILES string of the molecule is Cc1onc(-c2ccccc2Cl)c1N(C=O)c1cccc(Br)c1. The van der Waals surface area contributed by atoms with Crippen LogP contribution in [0.4, 0.5) is 11.4 Å². The van der Waals surface area contributed by atoms with Gasteiger partial charge in [0.15, 0.2) is 5.76 Å². The van der Waals surface area contributed by atoms with E-state index in [0.717, 1.165) is 10.9 Å². The lowest BCUT2D eigenvalue weighted by atomic mass is 10.1. The van der Waals surface area contributed by atoms with E-state index in [9.17, 15) is 4.79 Å². The number of aryl methyl sites for hydroxylation is 1. The van der Waals surface area contributed by atoms with E-state index in [-0.39, 0.29) is 0 Å². The molecule has 4 nitrogen and oxygen atoms in total. The van der Waals surface area contributed by atoms with Crippen molar-refractivity contribution in [1.82, 2.24) is 5.16 Å². The molecule has 3 rings (SSSR count). The van der Waals surface area contributed by atoms with E-state index < -0.39 is 0 Å². The molecule has 0 bridgehead atoms. The molecule has 1 heterocycles. The third kappa shape index (κ3) is 3.02. The second-order valence-electron chi connectivity index (χ2n) is 4.87. The molecular weight excluding hydrogens is 380 g/mol. The van der Waals surface area contributed by atoms with E-state index in [2.05, 4.69) is 21.1 Å². The van der Waals surface area contributed by atoms with Crippen LogP contribution in [0.3, 0.4) is 0 Å². The zero-order valence-corrected chi connectivity index (χ0v) is 14.5. The zero-order chi connectivity index (χ0) is 16.4. The first kappa shape index (κ1) is 15.8. The Morgan fingerprint density at radius 3 is 2.70 bits per heavy atom. The van der Waals surface area contributed by atoms with Gasteiger partial charge in [-0.3, -0.25) is 9.69 Å². The van der Waals surface area contributed by atoms with E-state index in [4.69, 9.17) is 16.1 Å². The summed E-state index contributed by atoms with van der Waals surface area (Å²) in [5, 5.41) is 4.64. The molecule has 3 aromatic rings. The minimum Gasteiger partial charge on any atom is -0.359 e. The van der Waals surface area contributed by atoms with E-state index >= 15 is 0 Å². The van der Waals surface area contributed by atoms with Crippen LogP contribution in [0, 0.1) is 6.92 Å². The second kappa shape index (κ2) is 6.56. The fourth-order valence-corrected chi connectivity index (χ4v) is 2.96. The van der Waals surface area contributed by atoms with Gasteiger partial charge in [-0.15, -0.1) is 0 Å². The van der Waals surface area contributed by atoms with Crippen LogP contribution in [-0.2, 0) is 4.79 Å². The zero-order valence-electron chi connectivity index (χ0n) is 12.2. The number of anilines is 2. The number of carbonyl (C=O) groups is 1. The largest absolute Gasteiger partial charge is 0.359 e. The first-order valence-electron chi connectivity index (χ1n) is 6.83. The van der Waals surface area contributed by atoms with Gasteiger partial charge in [0, 0.05) is 15.7 Å². The summed E-state index contributed by atoms with van der Waals surface area (Å²) in [6.45, 7) is 1.76. The Kier molecular flexibility index (Phi) is 4.50. The number of nitrogens with zero attached hydrogens (tertiary/aromatic N) is 2. The van der Waals surface area contributed by atoms with Crippen LogP contribution in [0.15, 0.2) is 57.5 Å². The number of halogens is 2. The highest BCUT2D eigenvalue weighted by Gasteiger charge is 2.23. The molecule has 0 unspecified atom stereocenters. The number of amides is 1. The van der Waals surface area contributed by atoms with Crippen molar-refractivity contribution in [1.29, 1.82) is 0 Å². The average molecular weight is 392 g/mol. The maximum atomic E-state index is 11.7. The average Bonchev–Trinajstić information content (AvgIpc) is 2.91. The second-order valence-corrected chi connectivity index (χ2v) is 6.19. The van der Waals surface area contributed by atoms with Crippen molar-refractivity contribution in [3.05, 3.63) is 63.8 Å². The molecule has 0 atom stereocenters. The van der Waals surface area contributed by atoms with Crippen molar-refractivity contribution in [2.75, 3.05) is 4.90 Å². The number of aromatic nitrogens is 1. The van der Waals surface area contributed by atoms with Crippen molar-refractivity contribution in [3.63, 3.8) is 0 Å². The van der Waals surface area contributed by atoms with Crippen molar-refractivity contribution in [3.8, 4) is 11.3 Å². The highest BCUT2D eigenvalue weighted by Crippen LogP contribution is 2.39. The quantitative estimate of drug-likeness (QED) is 0.562. The van der Waals surface area contributed by atoms with Crippen LogP contribution in [0.25, 0.3) is 11.3 Å². The predicted octanol–water partition coefficient (Wildman–Crippen LogP) is 5.36. The third-order valence-corrected chi connectivity index (χ3v) is 4.22. The third-order valence-electron chi connectivity index (χ3n) is 3.39. The molecule has 0 saturated carbocycles. The van der Waals surface area contributed by atoms with Gasteiger partial charge in [0.25, 0.3) is 0 Å². The molecule has 1 aromatic heterocycles. The van der Waals surface area contributed by atoms with Crippen LogP contribution in [0.1, 0.15) is 5.76 Å². The van der Waals surface area contributed by atoms with Gasteiger partial charge in [0.05, 0.1) is 5.02 Å². The molecule has 0 aliphatic heterocycles. The number of benzene rings is 2. The minimum absolute atomic E-state index is 0.528. The monoisotopic (exact) mass is 390 g/mol. The maximum Gasteiger partial charge on any atom is 0.218 e. The van der Waals surface area contributed by atoms with Crippen LogP contribution in [0.5, 0.6) is 0 Å². The predicted molar refractivity (Wildman–Crippen MR) is 94.0 cm³/mol. The number of rotatable bonds is 4. The minimum atomic E-state index is 0.528. The molecule has 2 aromatic carbocycles. The summed E-state index contributed by atoms with van der Waals surface area (Å²) in [6.07, 6.45) is 0.738. The molecule has 0 N–H and O–H groups in total. The Balaban J connectivity index is 2.18. The van der Waals surface area contributed by atoms with E-state index in [1.54, 1.807) is 13.0 Å². The van der Waals surface area contributed by atoms with E-state index in [0.29, 0.717) is 33.4 Å². The van der Waals surface area contributed by atoms with Gasteiger partial charge in [-0.1, -0.05) is 57.0 Å². The highest BCUT2D eigenvalue weighted by atomic mass is 79.9. The van der Waals surface area contributed by atoms with Gasteiger partial charge < -0.3 is 4.52 Å². The van der Waals surface area contributed by atoms with Gasteiger partial charge in [-0.05, 0) is 31.2 Å². The van der Waals surface area contributed by atoms with Crippen molar-refractivity contribution in [2.24, 2.45) is 0 Å². The lowest BCUT2D eigenvalue weighted by Crippen LogP contribution is -2.15.